The van der Waals surface area contributed by atoms with Crippen LogP contribution in [-0.4, -0.2) is 79.4 Å². The molecule has 1 aromatic carbocycles. The summed E-state index contributed by atoms with van der Waals surface area (Å²) in [4.78, 5) is 27.5. The molecule has 164 valence electrons. The number of nitrogens with zero attached hydrogens (tertiary/aromatic N) is 2. The molecule has 4 rings (SSSR count). The van der Waals surface area contributed by atoms with Crippen molar-refractivity contribution in [2.45, 2.75) is 30.8 Å². The Balaban J connectivity index is 1.25. The molecule has 3 aliphatic rings. The van der Waals surface area contributed by atoms with E-state index in [4.69, 9.17) is 4.74 Å². The lowest BCUT2D eigenvalue weighted by molar-refractivity contribution is -0.158. The lowest BCUT2D eigenvalue weighted by Gasteiger charge is -2.46. The molecule has 2 unspecified atom stereocenters. The second-order valence-electron chi connectivity index (χ2n) is 8.11. The summed E-state index contributed by atoms with van der Waals surface area (Å²) < 4.78 is 45.7. The Morgan fingerprint density at radius 1 is 1.20 bits per heavy atom. The van der Waals surface area contributed by atoms with E-state index in [1.165, 1.54) is 12.1 Å². The van der Waals surface area contributed by atoms with Gasteiger partial charge < -0.3 is 25.2 Å². The molecule has 30 heavy (non-hydrogen) atoms. The van der Waals surface area contributed by atoms with Crippen LogP contribution in [0, 0.1) is 5.92 Å². The zero-order valence-electron chi connectivity index (χ0n) is 16.4. The number of alkyl halides is 3. The molecule has 3 aliphatic heterocycles. The number of likely N-dealkylation sites (tertiary alicyclic amines) is 2. The molecule has 3 atom stereocenters. The summed E-state index contributed by atoms with van der Waals surface area (Å²) >= 11 is 0. The fraction of sp³-hybridized carbons (Fsp3) is 0.600. The van der Waals surface area contributed by atoms with Gasteiger partial charge in [-0.2, -0.15) is 13.2 Å². The molecule has 0 radical (unpaired) electrons. The Bertz CT molecular complexity index is 770. The first-order valence-corrected chi connectivity index (χ1v) is 10.1. The van der Waals surface area contributed by atoms with E-state index in [0.717, 1.165) is 0 Å². The lowest BCUT2D eigenvalue weighted by Crippen LogP contribution is -2.64. The van der Waals surface area contributed by atoms with Gasteiger partial charge in [-0.05, 0) is 12.0 Å². The maximum absolute atomic E-state index is 13.4. The number of nitrogens with one attached hydrogen (secondary N) is 2. The van der Waals surface area contributed by atoms with E-state index in [1.807, 2.05) is 0 Å². The maximum Gasteiger partial charge on any atom is 0.407 e. The van der Waals surface area contributed by atoms with Crippen molar-refractivity contribution in [1.29, 1.82) is 0 Å². The first kappa shape index (κ1) is 20.9. The molecular formula is C20H25F3N4O3. The first-order valence-electron chi connectivity index (χ1n) is 10.1. The monoisotopic (exact) mass is 426 g/mol. The topological polar surface area (TPSA) is 73.9 Å². The van der Waals surface area contributed by atoms with Gasteiger partial charge in [0, 0.05) is 38.6 Å². The van der Waals surface area contributed by atoms with Crippen LogP contribution in [0.5, 0.6) is 0 Å². The largest absolute Gasteiger partial charge is 0.407 e. The number of rotatable bonds is 4. The van der Waals surface area contributed by atoms with Crippen LogP contribution in [0.25, 0.3) is 0 Å². The smallest absolute Gasteiger partial charge is 0.366 e. The highest BCUT2D eigenvalue weighted by molar-refractivity contribution is 5.79. The van der Waals surface area contributed by atoms with Crippen LogP contribution in [0.2, 0.25) is 0 Å². The third kappa shape index (κ3) is 4.54. The van der Waals surface area contributed by atoms with Gasteiger partial charge in [0.2, 0.25) is 5.91 Å². The number of benzene rings is 1. The summed E-state index contributed by atoms with van der Waals surface area (Å²) in [5.74, 6) is -0.212. The first-order chi connectivity index (χ1) is 14.3. The normalized spacial score (nSPS) is 25.9. The number of piperidine rings is 1. The Kier molecular flexibility index (Phi) is 5.88. The van der Waals surface area contributed by atoms with Crippen molar-refractivity contribution in [1.82, 2.24) is 20.4 Å². The van der Waals surface area contributed by atoms with Crippen LogP contribution in [-0.2, 0) is 9.53 Å². The number of ether oxygens (including phenoxy) is 1. The lowest BCUT2D eigenvalue weighted by atomic mass is 9.98. The molecule has 0 aliphatic carbocycles. The average Bonchev–Trinajstić information content (AvgIpc) is 2.68. The Hall–Kier alpha value is -2.33. The van der Waals surface area contributed by atoms with Gasteiger partial charge in [-0.25, -0.2) is 4.79 Å². The Morgan fingerprint density at radius 2 is 1.93 bits per heavy atom. The number of halogens is 3. The molecule has 3 fully saturated rings. The summed E-state index contributed by atoms with van der Waals surface area (Å²) in [6.07, 6.45) is -3.81. The molecule has 1 aromatic rings. The average molecular weight is 426 g/mol. The second kappa shape index (κ2) is 8.43. The molecule has 3 heterocycles. The van der Waals surface area contributed by atoms with Gasteiger partial charge in [0.25, 0.3) is 0 Å². The maximum atomic E-state index is 13.4. The molecule has 0 bridgehead atoms. The van der Waals surface area contributed by atoms with E-state index < -0.39 is 12.2 Å². The molecular weight excluding hydrogens is 401 g/mol. The summed E-state index contributed by atoms with van der Waals surface area (Å²) in [6, 6.07) is 5.70. The fourth-order valence-electron chi connectivity index (χ4n) is 4.28. The van der Waals surface area contributed by atoms with Crippen molar-refractivity contribution in [3.8, 4) is 0 Å². The molecule has 10 heteroatoms. The number of hydrogen-bond donors (Lipinski definition) is 2. The standard InChI is InChI=1S/C20H25F3N4O3/c21-20(22,23)18(14-4-2-1-3-5-14)24-8-13-9-27(10-13)19(29)26-7-6-16-15(11-26)25-17(28)12-30-16/h1-5,13,15-16,18,24H,6-12H2,(H,25,28)/t15-,16?,18?/m1/s1. The molecule has 2 N–H and O–H groups in total. The van der Waals surface area contributed by atoms with Crippen LogP contribution in [0.3, 0.4) is 0 Å². The van der Waals surface area contributed by atoms with Crippen LogP contribution >= 0.6 is 0 Å². The number of carbonyl (C=O) groups excluding carboxylic acids is 2. The van der Waals surface area contributed by atoms with Gasteiger partial charge >= 0.3 is 12.2 Å². The summed E-state index contributed by atoms with van der Waals surface area (Å²) in [7, 11) is 0. The van der Waals surface area contributed by atoms with Gasteiger partial charge in [0.1, 0.15) is 12.6 Å². The second-order valence-corrected chi connectivity index (χ2v) is 8.11. The quantitative estimate of drug-likeness (QED) is 0.766. The molecule has 3 amide bonds. The van der Waals surface area contributed by atoms with Gasteiger partial charge in [0.15, 0.2) is 0 Å². The Labute approximate surface area is 172 Å². The number of hydrogen-bond acceptors (Lipinski definition) is 4. The summed E-state index contributed by atoms with van der Waals surface area (Å²) in [5, 5.41) is 5.47. The van der Waals surface area contributed by atoms with Gasteiger partial charge in [-0.3, -0.25) is 4.79 Å². The number of morpholine rings is 1. The minimum absolute atomic E-state index is 0.0298. The van der Waals surface area contributed by atoms with E-state index in [9.17, 15) is 22.8 Å². The van der Waals surface area contributed by atoms with Crippen LogP contribution in [0.4, 0.5) is 18.0 Å². The Morgan fingerprint density at radius 3 is 2.63 bits per heavy atom. The van der Waals surface area contributed by atoms with E-state index in [2.05, 4.69) is 10.6 Å². The number of fused-ring (bicyclic) bond motifs is 1. The van der Waals surface area contributed by atoms with E-state index in [1.54, 1.807) is 28.0 Å². The van der Waals surface area contributed by atoms with E-state index in [0.29, 0.717) is 32.6 Å². The van der Waals surface area contributed by atoms with Crippen molar-refractivity contribution in [3.05, 3.63) is 35.9 Å². The SMILES string of the molecule is O=C1COC2CCN(C(=O)N3CC(CNC(c4ccccc4)C(F)(F)F)C3)C[C@H]2N1. The predicted molar refractivity (Wildman–Crippen MR) is 102 cm³/mol. The zero-order chi connectivity index (χ0) is 21.3. The van der Waals surface area contributed by atoms with Gasteiger partial charge in [-0.15, -0.1) is 0 Å². The summed E-state index contributed by atoms with van der Waals surface area (Å²) in [6.45, 7) is 1.99. The third-order valence-electron chi connectivity index (χ3n) is 5.89. The highest BCUT2D eigenvalue weighted by Gasteiger charge is 2.43. The third-order valence-corrected chi connectivity index (χ3v) is 5.89. The van der Waals surface area contributed by atoms with E-state index >= 15 is 0 Å². The van der Waals surface area contributed by atoms with Crippen LogP contribution < -0.4 is 10.6 Å². The fourth-order valence-corrected chi connectivity index (χ4v) is 4.28. The zero-order valence-corrected chi connectivity index (χ0v) is 16.4. The molecule has 3 saturated heterocycles. The van der Waals surface area contributed by atoms with Crippen LogP contribution in [0.15, 0.2) is 30.3 Å². The van der Waals surface area contributed by atoms with Gasteiger partial charge in [0.05, 0.1) is 12.1 Å². The van der Waals surface area contributed by atoms with Crippen molar-refractivity contribution in [3.63, 3.8) is 0 Å². The highest BCUT2D eigenvalue weighted by Crippen LogP contribution is 2.33. The number of urea groups is 1. The molecule has 0 aromatic heterocycles. The van der Waals surface area contributed by atoms with Gasteiger partial charge in [-0.1, -0.05) is 30.3 Å². The van der Waals surface area contributed by atoms with Crippen LogP contribution in [0.1, 0.15) is 18.0 Å². The van der Waals surface area contributed by atoms with Crippen molar-refractivity contribution in [2.24, 2.45) is 5.92 Å². The molecule has 7 nitrogen and oxygen atoms in total. The number of amides is 3. The molecule has 0 saturated carbocycles. The van der Waals surface area contributed by atoms with Crippen molar-refractivity contribution in [2.75, 3.05) is 39.3 Å². The van der Waals surface area contributed by atoms with Crippen molar-refractivity contribution >= 4 is 11.9 Å². The minimum atomic E-state index is -4.39. The number of carbonyl (C=O) groups is 2. The summed E-state index contributed by atoms with van der Waals surface area (Å²) in [5.41, 5.74) is 0.178. The van der Waals surface area contributed by atoms with Crippen molar-refractivity contribution < 1.29 is 27.5 Å². The highest BCUT2D eigenvalue weighted by atomic mass is 19.4. The molecule has 0 spiro atoms. The minimum Gasteiger partial charge on any atom is -0.366 e. The van der Waals surface area contributed by atoms with E-state index in [-0.39, 0.29) is 48.7 Å². The predicted octanol–water partition coefficient (Wildman–Crippen LogP) is 1.52.